The molecule has 1 heterocycles. The lowest BCUT2D eigenvalue weighted by Crippen LogP contribution is -2.30. The summed E-state index contributed by atoms with van der Waals surface area (Å²) in [4.78, 5) is 3.90. The third kappa shape index (κ3) is 2.73. The van der Waals surface area contributed by atoms with Crippen molar-refractivity contribution in [2.75, 3.05) is 5.73 Å². The van der Waals surface area contributed by atoms with Gasteiger partial charge < -0.3 is 5.73 Å². The molecule has 5 N–H and O–H groups in total. The summed E-state index contributed by atoms with van der Waals surface area (Å²) in [5.41, 5.74) is 9.14. The summed E-state index contributed by atoms with van der Waals surface area (Å²) in [5.74, 6) is 1.32. The number of nitrogen functional groups attached to an aromatic ring is 1. The van der Waals surface area contributed by atoms with Gasteiger partial charge in [0.25, 0.3) is 0 Å². The molecule has 0 aliphatic rings. The summed E-state index contributed by atoms with van der Waals surface area (Å²) in [6.07, 6.45) is 3.22. The number of pyridine rings is 1. The lowest BCUT2D eigenvalue weighted by molar-refractivity contribution is 0.425. The van der Waals surface area contributed by atoms with Crippen LogP contribution in [-0.4, -0.2) is 4.98 Å². The van der Waals surface area contributed by atoms with Gasteiger partial charge in [-0.2, -0.15) is 0 Å². The molecule has 0 aliphatic carbocycles. The monoisotopic (exact) mass is 282 g/mol. The van der Waals surface area contributed by atoms with E-state index in [4.69, 9.17) is 11.6 Å². The maximum Gasteiger partial charge on any atom is 0.194 e. The Hall–Kier alpha value is -2.12. The molecule has 106 valence electrons. The van der Waals surface area contributed by atoms with Crippen molar-refractivity contribution in [2.45, 2.75) is 12.5 Å². The molecular weight excluding hydrogens is 269 g/mol. The van der Waals surface area contributed by atoms with Gasteiger partial charge in [-0.05, 0) is 24.1 Å². The Kier molecular flexibility index (Phi) is 4.21. The van der Waals surface area contributed by atoms with Crippen molar-refractivity contribution in [1.82, 2.24) is 10.4 Å². The molecule has 0 saturated heterocycles. The lowest BCUT2D eigenvalue weighted by Gasteiger charge is -2.18. The number of benzene rings is 1. The molecule has 1 unspecified atom stereocenters. The van der Waals surface area contributed by atoms with Crippen LogP contribution in [0.25, 0.3) is 0 Å². The summed E-state index contributed by atoms with van der Waals surface area (Å²) in [6, 6.07) is 2.83. The second kappa shape index (κ2) is 5.89. The predicted octanol–water partition coefficient (Wildman–Crippen LogP) is 1.83. The Balaban J connectivity index is 2.34. The average molecular weight is 282 g/mol. The number of nitrogens with two attached hydrogens (primary N) is 2. The quantitative estimate of drug-likeness (QED) is 0.454. The first-order valence-corrected chi connectivity index (χ1v) is 5.82. The average Bonchev–Trinajstić information content (AvgIpc) is 2.45. The van der Waals surface area contributed by atoms with E-state index in [2.05, 4.69) is 10.4 Å². The van der Waals surface area contributed by atoms with Crippen LogP contribution in [0.4, 0.5) is 18.9 Å². The van der Waals surface area contributed by atoms with Crippen LogP contribution in [0.1, 0.15) is 17.2 Å². The molecule has 0 fully saturated rings. The Morgan fingerprint density at radius 2 is 1.90 bits per heavy atom. The van der Waals surface area contributed by atoms with Crippen LogP contribution in [0.15, 0.2) is 30.6 Å². The highest BCUT2D eigenvalue weighted by atomic mass is 19.2. The van der Waals surface area contributed by atoms with Crippen LogP contribution in [0.2, 0.25) is 0 Å². The molecule has 0 saturated carbocycles. The number of nitrogens with one attached hydrogen (secondary N) is 1. The van der Waals surface area contributed by atoms with Gasteiger partial charge in [0.05, 0.1) is 6.04 Å². The van der Waals surface area contributed by atoms with Crippen LogP contribution < -0.4 is 17.0 Å². The zero-order valence-corrected chi connectivity index (χ0v) is 10.4. The summed E-state index contributed by atoms with van der Waals surface area (Å²) < 4.78 is 39.9. The summed E-state index contributed by atoms with van der Waals surface area (Å²) in [5, 5.41) is 0. The van der Waals surface area contributed by atoms with Gasteiger partial charge in [-0.25, -0.2) is 13.2 Å². The van der Waals surface area contributed by atoms with Crippen molar-refractivity contribution in [3.05, 3.63) is 59.2 Å². The lowest BCUT2D eigenvalue weighted by atomic mass is 9.99. The maximum absolute atomic E-state index is 13.7. The minimum atomic E-state index is -1.53. The van der Waals surface area contributed by atoms with Gasteiger partial charge in [0, 0.05) is 23.6 Å². The number of rotatable bonds is 4. The molecule has 1 aromatic heterocycles. The fraction of sp³-hybridized carbons (Fsp3) is 0.154. The van der Waals surface area contributed by atoms with Crippen molar-refractivity contribution >= 4 is 5.69 Å². The summed E-state index contributed by atoms with van der Waals surface area (Å²) in [7, 11) is 0. The Morgan fingerprint density at radius 1 is 1.15 bits per heavy atom. The van der Waals surface area contributed by atoms with Crippen molar-refractivity contribution in [3.63, 3.8) is 0 Å². The number of hydrogen-bond acceptors (Lipinski definition) is 4. The minimum Gasteiger partial charge on any atom is -0.398 e. The first-order valence-electron chi connectivity index (χ1n) is 5.82. The van der Waals surface area contributed by atoms with Crippen LogP contribution in [0.3, 0.4) is 0 Å². The van der Waals surface area contributed by atoms with Gasteiger partial charge in [-0.1, -0.05) is 6.07 Å². The van der Waals surface area contributed by atoms with Crippen LogP contribution >= 0.6 is 0 Å². The Morgan fingerprint density at radius 3 is 2.55 bits per heavy atom. The first kappa shape index (κ1) is 14.3. The van der Waals surface area contributed by atoms with Gasteiger partial charge in [0.2, 0.25) is 0 Å². The van der Waals surface area contributed by atoms with Crippen molar-refractivity contribution in [2.24, 2.45) is 5.84 Å². The second-order valence-corrected chi connectivity index (χ2v) is 4.26. The van der Waals surface area contributed by atoms with Gasteiger partial charge in [0.15, 0.2) is 17.5 Å². The molecule has 20 heavy (non-hydrogen) atoms. The normalized spacial score (nSPS) is 12.4. The highest BCUT2D eigenvalue weighted by molar-refractivity contribution is 5.45. The second-order valence-electron chi connectivity index (χ2n) is 4.26. The van der Waals surface area contributed by atoms with Gasteiger partial charge in [-0.15, -0.1) is 0 Å². The van der Waals surface area contributed by atoms with Crippen molar-refractivity contribution in [1.29, 1.82) is 0 Å². The number of hydrazine groups is 1. The molecule has 7 heteroatoms. The number of aromatic nitrogens is 1. The fourth-order valence-corrected chi connectivity index (χ4v) is 1.90. The van der Waals surface area contributed by atoms with E-state index in [0.717, 1.165) is 12.1 Å². The minimum absolute atomic E-state index is 0.0744. The smallest absolute Gasteiger partial charge is 0.194 e. The largest absolute Gasteiger partial charge is 0.398 e. The molecule has 2 aromatic rings. The van der Waals surface area contributed by atoms with Gasteiger partial charge in [0.1, 0.15) is 0 Å². The molecule has 0 spiro atoms. The molecule has 0 bridgehead atoms. The van der Waals surface area contributed by atoms with E-state index in [-0.39, 0.29) is 12.0 Å². The third-order valence-corrected chi connectivity index (χ3v) is 3.01. The number of halogens is 3. The molecule has 2 rings (SSSR count). The van der Waals surface area contributed by atoms with E-state index in [9.17, 15) is 13.2 Å². The SMILES string of the molecule is NNC(Cc1cnccc1N)c1ccc(F)c(F)c1F. The predicted molar refractivity (Wildman–Crippen MR) is 68.7 cm³/mol. The summed E-state index contributed by atoms with van der Waals surface area (Å²) >= 11 is 0. The zero-order valence-electron chi connectivity index (χ0n) is 10.4. The van der Waals surface area contributed by atoms with E-state index in [0.29, 0.717) is 11.3 Å². The van der Waals surface area contributed by atoms with E-state index < -0.39 is 23.5 Å². The summed E-state index contributed by atoms with van der Waals surface area (Å²) in [6.45, 7) is 0. The van der Waals surface area contributed by atoms with Crippen LogP contribution in [0.5, 0.6) is 0 Å². The molecule has 4 nitrogen and oxygen atoms in total. The zero-order chi connectivity index (χ0) is 14.7. The number of anilines is 1. The van der Waals surface area contributed by atoms with Gasteiger partial charge >= 0.3 is 0 Å². The van der Waals surface area contributed by atoms with E-state index >= 15 is 0 Å². The molecule has 0 aliphatic heterocycles. The highest BCUT2D eigenvalue weighted by Crippen LogP contribution is 2.25. The number of nitrogens with zero attached hydrogens (tertiary/aromatic N) is 1. The first-order chi connectivity index (χ1) is 9.54. The van der Waals surface area contributed by atoms with E-state index in [1.165, 1.54) is 12.4 Å². The van der Waals surface area contributed by atoms with Crippen molar-refractivity contribution in [3.8, 4) is 0 Å². The van der Waals surface area contributed by atoms with Gasteiger partial charge in [-0.3, -0.25) is 16.3 Å². The molecular formula is C13H13F3N4. The van der Waals surface area contributed by atoms with Crippen LogP contribution in [-0.2, 0) is 6.42 Å². The molecule has 1 aromatic carbocycles. The Labute approximate surface area is 113 Å². The fourth-order valence-electron chi connectivity index (χ4n) is 1.90. The highest BCUT2D eigenvalue weighted by Gasteiger charge is 2.21. The Bertz CT molecular complexity index is 619. The standard InChI is InChI=1S/C13H13F3N4/c14-9-2-1-8(12(15)13(9)16)11(20-18)5-7-6-19-4-3-10(7)17/h1-4,6,11,20H,5,18H2,(H2,17,19). The number of hydrogen-bond donors (Lipinski definition) is 3. The van der Waals surface area contributed by atoms with Crippen LogP contribution in [0, 0.1) is 17.5 Å². The topological polar surface area (TPSA) is 77.0 Å². The van der Waals surface area contributed by atoms with Crippen molar-refractivity contribution < 1.29 is 13.2 Å². The molecule has 1 atom stereocenters. The maximum atomic E-state index is 13.7. The molecule has 0 amide bonds. The third-order valence-electron chi connectivity index (χ3n) is 3.01. The van der Waals surface area contributed by atoms with E-state index in [1.807, 2.05) is 0 Å². The van der Waals surface area contributed by atoms with E-state index in [1.54, 1.807) is 6.07 Å². The molecule has 0 radical (unpaired) electrons.